The van der Waals surface area contributed by atoms with E-state index in [0.717, 1.165) is 5.56 Å². The van der Waals surface area contributed by atoms with Crippen molar-refractivity contribution in [3.05, 3.63) is 63.2 Å². The Morgan fingerprint density at radius 2 is 1.85 bits per heavy atom. The van der Waals surface area contributed by atoms with E-state index in [1.54, 1.807) is 39.3 Å². The van der Waals surface area contributed by atoms with Crippen molar-refractivity contribution in [1.29, 1.82) is 0 Å². The van der Waals surface area contributed by atoms with Crippen LogP contribution in [0.3, 0.4) is 0 Å². The fourth-order valence-corrected chi connectivity index (χ4v) is 2.68. The van der Waals surface area contributed by atoms with Crippen molar-refractivity contribution in [3.8, 4) is 11.5 Å². The predicted molar refractivity (Wildman–Crippen MR) is 97.9 cm³/mol. The molecule has 2 aromatic rings. The molecule has 7 nitrogen and oxygen atoms in total. The van der Waals surface area contributed by atoms with Crippen LogP contribution >= 0.6 is 0 Å². The van der Waals surface area contributed by atoms with Crippen molar-refractivity contribution in [2.45, 2.75) is 26.3 Å². The Balaban J connectivity index is 2.26. The van der Waals surface area contributed by atoms with Gasteiger partial charge in [0.15, 0.2) is 11.5 Å². The Hall–Kier alpha value is -3.09. The van der Waals surface area contributed by atoms with Crippen molar-refractivity contribution in [3.63, 3.8) is 0 Å². The maximum Gasteiger partial charge on any atom is 0.273 e. The van der Waals surface area contributed by atoms with Crippen LogP contribution < -0.4 is 14.8 Å². The number of nitrogens with one attached hydrogen (secondary N) is 1. The van der Waals surface area contributed by atoms with Crippen LogP contribution in [0.15, 0.2) is 36.4 Å². The summed E-state index contributed by atoms with van der Waals surface area (Å²) in [6.07, 6.45) is 0.648. The van der Waals surface area contributed by atoms with Gasteiger partial charge in [-0.2, -0.15) is 0 Å². The highest BCUT2D eigenvalue weighted by atomic mass is 16.6. The maximum atomic E-state index is 12.6. The fourth-order valence-electron chi connectivity index (χ4n) is 2.68. The van der Waals surface area contributed by atoms with E-state index in [0.29, 0.717) is 23.5 Å². The quantitative estimate of drug-likeness (QED) is 0.600. The van der Waals surface area contributed by atoms with Gasteiger partial charge >= 0.3 is 0 Å². The van der Waals surface area contributed by atoms with Crippen molar-refractivity contribution in [2.24, 2.45) is 0 Å². The molecule has 0 aliphatic carbocycles. The Labute approximate surface area is 152 Å². The van der Waals surface area contributed by atoms with Crippen LogP contribution in [0.5, 0.6) is 11.5 Å². The molecule has 0 aliphatic heterocycles. The van der Waals surface area contributed by atoms with Gasteiger partial charge in [-0.25, -0.2) is 0 Å². The second-order valence-electron chi connectivity index (χ2n) is 5.81. The maximum absolute atomic E-state index is 12.6. The minimum absolute atomic E-state index is 0.0724. The van der Waals surface area contributed by atoms with Crippen LogP contribution in [0.2, 0.25) is 0 Å². The number of benzene rings is 2. The molecule has 0 saturated heterocycles. The van der Waals surface area contributed by atoms with Gasteiger partial charge in [0.25, 0.3) is 11.6 Å². The molecule has 1 atom stereocenters. The highest BCUT2D eigenvalue weighted by molar-refractivity contribution is 5.95. The summed E-state index contributed by atoms with van der Waals surface area (Å²) in [5, 5.41) is 14.0. The summed E-state index contributed by atoms with van der Waals surface area (Å²) in [4.78, 5) is 23.1. The van der Waals surface area contributed by atoms with Gasteiger partial charge in [-0.05, 0) is 37.1 Å². The molecular formula is C19H22N2O5. The number of nitro groups is 1. The van der Waals surface area contributed by atoms with Gasteiger partial charge in [-0.15, -0.1) is 0 Å². The van der Waals surface area contributed by atoms with E-state index in [1.165, 1.54) is 6.07 Å². The van der Waals surface area contributed by atoms with Crippen LogP contribution in [-0.2, 0) is 0 Å². The number of nitrogens with zero attached hydrogens (tertiary/aromatic N) is 1. The van der Waals surface area contributed by atoms with E-state index in [2.05, 4.69) is 5.32 Å². The molecule has 0 bridgehead atoms. The molecule has 0 fully saturated rings. The Bertz CT molecular complexity index is 820. The topological polar surface area (TPSA) is 90.7 Å². The molecule has 0 radical (unpaired) electrons. The molecule has 2 aromatic carbocycles. The van der Waals surface area contributed by atoms with Gasteiger partial charge in [0, 0.05) is 17.2 Å². The molecule has 0 aliphatic rings. The highest BCUT2D eigenvalue weighted by Crippen LogP contribution is 2.31. The average molecular weight is 358 g/mol. The van der Waals surface area contributed by atoms with E-state index < -0.39 is 4.92 Å². The number of amides is 1. The number of carbonyl (C=O) groups excluding carboxylic acids is 1. The van der Waals surface area contributed by atoms with E-state index in [1.807, 2.05) is 19.1 Å². The highest BCUT2D eigenvalue weighted by Gasteiger charge is 2.19. The Morgan fingerprint density at radius 3 is 2.42 bits per heavy atom. The lowest BCUT2D eigenvalue weighted by atomic mass is 10.0. The summed E-state index contributed by atoms with van der Waals surface area (Å²) in [7, 11) is 3.10. The number of aryl methyl sites for hydroxylation is 1. The monoisotopic (exact) mass is 358 g/mol. The summed E-state index contributed by atoms with van der Waals surface area (Å²) >= 11 is 0. The van der Waals surface area contributed by atoms with Gasteiger partial charge in [0.1, 0.15) is 0 Å². The number of ether oxygens (including phenoxy) is 2. The van der Waals surface area contributed by atoms with Crippen LogP contribution in [0.1, 0.15) is 40.9 Å². The van der Waals surface area contributed by atoms with Gasteiger partial charge in [0.05, 0.1) is 25.2 Å². The van der Waals surface area contributed by atoms with E-state index in [-0.39, 0.29) is 23.2 Å². The van der Waals surface area contributed by atoms with Crippen molar-refractivity contribution < 1.29 is 19.2 Å². The third kappa shape index (κ3) is 4.11. The first-order chi connectivity index (χ1) is 12.4. The zero-order chi connectivity index (χ0) is 19.3. The first kappa shape index (κ1) is 19.2. The van der Waals surface area contributed by atoms with Crippen molar-refractivity contribution in [1.82, 2.24) is 5.32 Å². The number of hydrogen-bond donors (Lipinski definition) is 1. The summed E-state index contributed by atoms with van der Waals surface area (Å²) in [6, 6.07) is 9.63. The SMILES string of the molecule is CCC(NC(=O)c1ccc(C)c([N+](=O)[O-])c1)c1ccc(OC)c(OC)c1. The molecule has 0 saturated carbocycles. The van der Waals surface area contributed by atoms with Gasteiger partial charge in [0.2, 0.25) is 0 Å². The first-order valence-corrected chi connectivity index (χ1v) is 8.19. The van der Waals surface area contributed by atoms with Crippen LogP contribution in [0.25, 0.3) is 0 Å². The number of rotatable bonds is 7. The second kappa shape index (κ2) is 8.33. The standard InChI is InChI=1S/C19H22N2O5/c1-5-15(13-8-9-17(25-3)18(11-13)26-4)20-19(22)14-7-6-12(2)16(10-14)21(23)24/h6-11,15H,5H2,1-4H3,(H,20,22). The number of hydrogen-bond acceptors (Lipinski definition) is 5. The minimum atomic E-state index is -0.488. The largest absolute Gasteiger partial charge is 0.493 e. The summed E-state index contributed by atoms with van der Waals surface area (Å²) in [5.41, 5.74) is 1.55. The predicted octanol–water partition coefficient (Wildman–Crippen LogP) is 3.80. The van der Waals surface area contributed by atoms with Crippen LogP contribution in [0, 0.1) is 17.0 Å². The lowest BCUT2D eigenvalue weighted by Gasteiger charge is -2.19. The van der Waals surface area contributed by atoms with Crippen molar-refractivity contribution >= 4 is 11.6 Å². The zero-order valence-electron chi connectivity index (χ0n) is 15.2. The third-order valence-electron chi connectivity index (χ3n) is 4.19. The molecule has 138 valence electrons. The molecule has 0 spiro atoms. The molecule has 7 heteroatoms. The molecule has 0 heterocycles. The lowest BCUT2D eigenvalue weighted by Crippen LogP contribution is -2.28. The summed E-state index contributed by atoms with van der Waals surface area (Å²) in [6.45, 7) is 3.58. The zero-order valence-corrected chi connectivity index (χ0v) is 15.2. The smallest absolute Gasteiger partial charge is 0.273 e. The fraction of sp³-hybridized carbons (Fsp3) is 0.316. The van der Waals surface area contributed by atoms with E-state index in [4.69, 9.17) is 9.47 Å². The van der Waals surface area contributed by atoms with Crippen LogP contribution in [-0.4, -0.2) is 25.1 Å². The third-order valence-corrected chi connectivity index (χ3v) is 4.19. The van der Waals surface area contributed by atoms with E-state index in [9.17, 15) is 14.9 Å². The van der Waals surface area contributed by atoms with Gasteiger partial charge < -0.3 is 14.8 Å². The summed E-state index contributed by atoms with van der Waals surface area (Å²) in [5.74, 6) is 0.810. The van der Waals surface area contributed by atoms with Gasteiger partial charge in [-0.3, -0.25) is 14.9 Å². The first-order valence-electron chi connectivity index (χ1n) is 8.19. The minimum Gasteiger partial charge on any atom is -0.493 e. The number of carbonyl (C=O) groups is 1. The molecule has 2 rings (SSSR count). The molecule has 1 unspecified atom stereocenters. The molecule has 0 aromatic heterocycles. The normalized spacial score (nSPS) is 11.5. The molecule has 1 N–H and O–H groups in total. The van der Waals surface area contributed by atoms with Crippen LogP contribution in [0.4, 0.5) is 5.69 Å². The molecule has 1 amide bonds. The molecule has 26 heavy (non-hydrogen) atoms. The number of nitro benzene ring substituents is 1. The Kier molecular flexibility index (Phi) is 6.16. The average Bonchev–Trinajstić information content (AvgIpc) is 2.65. The number of methoxy groups -OCH3 is 2. The Morgan fingerprint density at radius 1 is 1.15 bits per heavy atom. The molecular weight excluding hydrogens is 336 g/mol. The van der Waals surface area contributed by atoms with Gasteiger partial charge in [-0.1, -0.05) is 19.1 Å². The van der Waals surface area contributed by atoms with E-state index >= 15 is 0 Å². The lowest BCUT2D eigenvalue weighted by molar-refractivity contribution is -0.385. The van der Waals surface area contributed by atoms with Crippen molar-refractivity contribution in [2.75, 3.05) is 14.2 Å². The second-order valence-corrected chi connectivity index (χ2v) is 5.81. The summed E-state index contributed by atoms with van der Waals surface area (Å²) < 4.78 is 10.5.